The van der Waals surface area contributed by atoms with Gasteiger partial charge in [0.05, 0.1) is 6.61 Å². The predicted molar refractivity (Wildman–Crippen MR) is 85.9 cm³/mol. The standard InChI is InChI=1S/C16H16FN2O2P/c1-8-4-12-11(10-3-2-9(22)5-13(10)17)6-14(15(18)20)19-16(12)21-7-8/h2-3,5-6,8H,4,7,22H2,1H3,(H2,18,20)/t8-/m0/s1. The van der Waals surface area contributed by atoms with Crippen molar-refractivity contribution in [2.24, 2.45) is 11.7 Å². The summed E-state index contributed by atoms with van der Waals surface area (Å²) < 4.78 is 20.0. The van der Waals surface area contributed by atoms with E-state index in [9.17, 15) is 9.18 Å². The summed E-state index contributed by atoms with van der Waals surface area (Å²) in [5.74, 6) is -0.334. The fourth-order valence-corrected chi connectivity index (χ4v) is 2.85. The van der Waals surface area contributed by atoms with E-state index in [0.717, 1.165) is 17.3 Å². The first kappa shape index (κ1) is 14.9. The van der Waals surface area contributed by atoms with E-state index in [1.165, 1.54) is 6.07 Å². The van der Waals surface area contributed by atoms with Crippen LogP contribution in [-0.2, 0) is 6.42 Å². The van der Waals surface area contributed by atoms with Gasteiger partial charge in [0.15, 0.2) is 0 Å². The highest BCUT2D eigenvalue weighted by molar-refractivity contribution is 7.27. The number of ether oxygens (including phenoxy) is 1. The topological polar surface area (TPSA) is 65.2 Å². The number of hydrogen-bond donors (Lipinski definition) is 1. The second-order valence-corrected chi connectivity index (χ2v) is 6.23. The summed E-state index contributed by atoms with van der Waals surface area (Å²) in [6.07, 6.45) is 0.721. The number of carbonyl (C=O) groups excluding carboxylic acids is 1. The number of aromatic nitrogens is 1. The zero-order chi connectivity index (χ0) is 15.9. The van der Waals surface area contributed by atoms with Crippen molar-refractivity contribution in [3.8, 4) is 17.0 Å². The second kappa shape index (κ2) is 5.65. The third-order valence-electron chi connectivity index (χ3n) is 3.68. The lowest BCUT2D eigenvalue weighted by atomic mass is 9.92. The van der Waals surface area contributed by atoms with Crippen LogP contribution in [0.4, 0.5) is 4.39 Å². The van der Waals surface area contributed by atoms with Crippen molar-refractivity contribution in [3.63, 3.8) is 0 Å². The number of fused-ring (bicyclic) bond motifs is 1. The average Bonchev–Trinajstić information content (AvgIpc) is 2.46. The molecule has 2 heterocycles. The van der Waals surface area contributed by atoms with Gasteiger partial charge in [0.2, 0.25) is 5.88 Å². The summed E-state index contributed by atoms with van der Waals surface area (Å²) >= 11 is 0. The molecule has 114 valence electrons. The van der Waals surface area contributed by atoms with E-state index in [-0.39, 0.29) is 11.5 Å². The number of nitrogens with zero attached hydrogens (tertiary/aromatic N) is 1. The molecule has 2 N–H and O–H groups in total. The van der Waals surface area contributed by atoms with Crippen LogP contribution in [0.15, 0.2) is 24.3 Å². The minimum absolute atomic E-state index is 0.0812. The van der Waals surface area contributed by atoms with Crippen LogP contribution in [0, 0.1) is 11.7 Å². The molecule has 0 saturated heterocycles. The summed E-state index contributed by atoms with van der Waals surface area (Å²) in [6.45, 7) is 2.57. The number of halogens is 1. The molecule has 4 nitrogen and oxygen atoms in total. The Morgan fingerprint density at radius 3 is 2.86 bits per heavy atom. The summed E-state index contributed by atoms with van der Waals surface area (Å²) in [6, 6.07) is 6.47. The Balaban J connectivity index is 2.24. The smallest absolute Gasteiger partial charge is 0.267 e. The molecule has 2 atom stereocenters. The van der Waals surface area contributed by atoms with Crippen molar-refractivity contribution in [2.45, 2.75) is 13.3 Å². The van der Waals surface area contributed by atoms with Crippen molar-refractivity contribution >= 4 is 20.5 Å². The number of hydrogen-bond acceptors (Lipinski definition) is 3. The molecule has 6 heteroatoms. The van der Waals surface area contributed by atoms with Crippen molar-refractivity contribution in [3.05, 3.63) is 41.3 Å². The molecular formula is C16H16FN2O2P. The van der Waals surface area contributed by atoms with E-state index < -0.39 is 5.91 Å². The summed E-state index contributed by atoms with van der Waals surface area (Å²) in [5, 5.41) is 0.754. The molecule has 22 heavy (non-hydrogen) atoms. The molecule has 0 spiro atoms. The third-order valence-corrected chi connectivity index (χ3v) is 4.04. The molecule has 1 aliphatic heterocycles. The van der Waals surface area contributed by atoms with E-state index in [0.29, 0.717) is 29.5 Å². The minimum Gasteiger partial charge on any atom is -0.477 e. The van der Waals surface area contributed by atoms with Gasteiger partial charge in [-0.25, -0.2) is 9.37 Å². The van der Waals surface area contributed by atoms with Crippen LogP contribution in [0.2, 0.25) is 0 Å². The van der Waals surface area contributed by atoms with Gasteiger partial charge < -0.3 is 10.5 Å². The molecule has 1 amide bonds. The Morgan fingerprint density at radius 2 is 2.18 bits per heavy atom. The molecule has 1 aromatic heterocycles. The molecular weight excluding hydrogens is 302 g/mol. The van der Waals surface area contributed by atoms with Crippen LogP contribution >= 0.6 is 9.24 Å². The van der Waals surface area contributed by atoms with E-state index in [2.05, 4.69) is 21.1 Å². The van der Waals surface area contributed by atoms with Gasteiger partial charge >= 0.3 is 0 Å². The third kappa shape index (κ3) is 2.69. The van der Waals surface area contributed by atoms with Gasteiger partial charge in [-0.1, -0.05) is 19.1 Å². The number of amides is 1. The highest BCUT2D eigenvalue weighted by atomic mass is 31.0. The number of rotatable bonds is 2. The summed E-state index contributed by atoms with van der Waals surface area (Å²) in [4.78, 5) is 15.6. The highest BCUT2D eigenvalue weighted by Crippen LogP contribution is 2.36. The number of primary amides is 1. The Hall–Kier alpha value is -2.00. The first-order chi connectivity index (χ1) is 10.5. The van der Waals surface area contributed by atoms with Crippen LogP contribution < -0.4 is 15.8 Å². The highest BCUT2D eigenvalue weighted by Gasteiger charge is 2.24. The fraction of sp³-hybridized carbons (Fsp3) is 0.250. The zero-order valence-corrected chi connectivity index (χ0v) is 13.3. The zero-order valence-electron chi connectivity index (χ0n) is 12.1. The van der Waals surface area contributed by atoms with Crippen LogP contribution in [-0.4, -0.2) is 17.5 Å². The fourth-order valence-electron chi connectivity index (χ4n) is 2.61. The monoisotopic (exact) mass is 318 g/mol. The Labute approximate surface area is 130 Å². The lowest BCUT2D eigenvalue weighted by Crippen LogP contribution is -2.22. The van der Waals surface area contributed by atoms with Gasteiger partial charge in [-0.3, -0.25) is 4.79 Å². The molecule has 1 aliphatic rings. The molecule has 1 aromatic carbocycles. The van der Waals surface area contributed by atoms with Crippen molar-refractivity contribution in [1.82, 2.24) is 4.98 Å². The first-order valence-electron chi connectivity index (χ1n) is 6.97. The second-order valence-electron chi connectivity index (χ2n) is 5.56. The van der Waals surface area contributed by atoms with Gasteiger partial charge in [0.1, 0.15) is 11.5 Å². The average molecular weight is 318 g/mol. The Bertz CT molecular complexity index is 764. The molecule has 1 unspecified atom stereocenters. The van der Waals surface area contributed by atoms with E-state index in [1.54, 1.807) is 18.2 Å². The summed E-state index contributed by atoms with van der Waals surface area (Å²) in [7, 11) is 2.46. The molecule has 0 radical (unpaired) electrons. The SMILES string of the molecule is C[C@@H]1COc2nc(C(N)=O)cc(-c3ccc(P)cc3F)c2C1. The van der Waals surface area contributed by atoms with Crippen LogP contribution in [0.5, 0.6) is 5.88 Å². The van der Waals surface area contributed by atoms with Crippen molar-refractivity contribution in [1.29, 1.82) is 0 Å². The quantitative estimate of drug-likeness (QED) is 0.862. The minimum atomic E-state index is -0.658. The number of pyridine rings is 1. The summed E-state index contributed by atoms with van der Waals surface area (Å²) in [5.41, 5.74) is 7.27. The molecule has 0 saturated carbocycles. The lowest BCUT2D eigenvalue weighted by Gasteiger charge is -2.24. The van der Waals surface area contributed by atoms with Crippen LogP contribution in [0.3, 0.4) is 0 Å². The van der Waals surface area contributed by atoms with E-state index in [4.69, 9.17) is 10.5 Å². The maximum absolute atomic E-state index is 14.3. The van der Waals surface area contributed by atoms with E-state index >= 15 is 0 Å². The predicted octanol–water partition coefficient (Wildman–Crippen LogP) is 2.06. The van der Waals surface area contributed by atoms with Crippen molar-refractivity contribution in [2.75, 3.05) is 6.61 Å². The van der Waals surface area contributed by atoms with Crippen molar-refractivity contribution < 1.29 is 13.9 Å². The van der Waals surface area contributed by atoms with Gasteiger partial charge in [-0.15, -0.1) is 9.24 Å². The number of nitrogens with two attached hydrogens (primary N) is 1. The lowest BCUT2D eigenvalue weighted by molar-refractivity contribution is 0.0993. The van der Waals surface area contributed by atoms with Crippen LogP contribution in [0.25, 0.3) is 11.1 Å². The van der Waals surface area contributed by atoms with Gasteiger partial charge in [-0.05, 0) is 35.3 Å². The normalized spacial score (nSPS) is 16.8. The number of carbonyl (C=O) groups is 1. The molecule has 2 aromatic rings. The molecule has 3 rings (SSSR count). The van der Waals surface area contributed by atoms with Gasteiger partial charge in [-0.2, -0.15) is 0 Å². The van der Waals surface area contributed by atoms with Gasteiger partial charge in [0.25, 0.3) is 5.91 Å². The first-order valence-corrected chi connectivity index (χ1v) is 7.55. The Kier molecular flexibility index (Phi) is 3.83. The molecule has 0 bridgehead atoms. The maximum atomic E-state index is 14.3. The van der Waals surface area contributed by atoms with E-state index in [1.807, 2.05) is 0 Å². The number of benzene rings is 1. The maximum Gasteiger partial charge on any atom is 0.267 e. The molecule has 0 aliphatic carbocycles. The largest absolute Gasteiger partial charge is 0.477 e. The molecule has 0 fully saturated rings. The van der Waals surface area contributed by atoms with Crippen LogP contribution in [0.1, 0.15) is 23.0 Å². The Morgan fingerprint density at radius 1 is 1.41 bits per heavy atom. The van der Waals surface area contributed by atoms with Gasteiger partial charge in [0, 0.05) is 11.1 Å².